The molecule has 1 aromatic carbocycles. The molecular formula is C15H22N2O. The highest BCUT2D eigenvalue weighted by Crippen LogP contribution is 2.21. The van der Waals surface area contributed by atoms with Gasteiger partial charge in [0.05, 0.1) is 6.04 Å². The Morgan fingerprint density at radius 2 is 2.11 bits per heavy atom. The minimum atomic E-state index is -0.00977. The lowest BCUT2D eigenvalue weighted by Crippen LogP contribution is -2.47. The first-order valence-electron chi connectivity index (χ1n) is 6.68. The van der Waals surface area contributed by atoms with Gasteiger partial charge in [0.1, 0.15) is 0 Å². The number of hydrogen-bond acceptors (Lipinski definition) is 2. The predicted molar refractivity (Wildman–Crippen MR) is 75.0 cm³/mol. The normalized spacial score (nSPS) is 19.6. The molecule has 1 saturated heterocycles. The van der Waals surface area contributed by atoms with E-state index >= 15 is 0 Å². The molecular weight excluding hydrogens is 224 g/mol. The maximum Gasteiger partial charge on any atom is 0.243 e. The Bertz CT molecular complexity index is 436. The number of rotatable bonds is 2. The number of nitrogens with zero attached hydrogens (tertiary/aromatic N) is 1. The van der Waals surface area contributed by atoms with Gasteiger partial charge in [-0.25, -0.2) is 0 Å². The third kappa shape index (κ3) is 2.72. The smallest absolute Gasteiger partial charge is 0.243 e. The van der Waals surface area contributed by atoms with Gasteiger partial charge >= 0.3 is 0 Å². The largest absolute Gasteiger partial charge is 0.314 e. The highest BCUT2D eigenvalue weighted by Gasteiger charge is 2.24. The third-order valence-corrected chi connectivity index (χ3v) is 3.65. The standard InChI is InChI=1S/C15H22N2O/c1-11-7-8-14(12(2)10-11)17(3)15(18)13-6-4-5-9-16-13/h7-8,10,13,16H,4-6,9H2,1-3H3. The van der Waals surface area contributed by atoms with Crippen LogP contribution in [0.2, 0.25) is 0 Å². The summed E-state index contributed by atoms with van der Waals surface area (Å²) >= 11 is 0. The van der Waals surface area contributed by atoms with E-state index < -0.39 is 0 Å². The molecule has 1 aliphatic heterocycles. The van der Waals surface area contributed by atoms with E-state index in [1.807, 2.05) is 13.1 Å². The fourth-order valence-corrected chi connectivity index (χ4v) is 2.60. The van der Waals surface area contributed by atoms with E-state index in [0.29, 0.717) is 0 Å². The van der Waals surface area contributed by atoms with Gasteiger partial charge in [-0.1, -0.05) is 24.1 Å². The van der Waals surface area contributed by atoms with Gasteiger partial charge in [0, 0.05) is 12.7 Å². The van der Waals surface area contributed by atoms with Gasteiger partial charge in [0.2, 0.25) is 5.91 Å². The minimum absolute atomic E-state index is 0.00977. The fourth-order valence-electron chi connectivity index (χ4n) is 2.60. The minimum Gasteiger partial charge on any atom is -0.314 e. The summed E-state index contributed by atoms with van der Waals surface area (Å²) in [4.78, 5) is 14.2. The van der Waals surface area contributed by atoms with E-state index in [9.17, 15) is 4.79 Å². The van der Waals surface area contributed by atoms with Gasteiger partial charge in [-0.2, -0.15) is 0 Å². The van der Waals surface area contributed by atoms with Crippen LogP contribution in [-0.4, -0.2) is 25.5 Å². The summed E-state index contributed by atoms with van der Waals surface area (Å²) in [6.07, 6.45) is 3.27. The Morgan fingerprint density at radius 3 is 2.72 bits per heavy atom. The molecule has 1 fully saturated rings. The second kappa shape index (κ2) is 5.53. The number of amides is 1. The van der Waals surface area contributed by atoms with Gasteiger partial charge in [-0.3, -0.25) is 4.79 Å². The average molecular weight is 246 g/mol. The highest BCUT2D eigenvalue weighted by atomic mass is 16.2. The maximum absolute atomic E-state index is 12.4. The van der Waals surface area contributed by atoms with E-state index in [1.165, 1.54) is 12.0 Å². The van der Waals surface area contributed by atoms with Crippen molar-refractivity contribution in [1.29, 1.82) is 0 Å². The Morgan fingerprint density at radius 1 is 1.33 bits per heavy atom. The van der Waals surface area contributed by atoms with Crippen LogP contribution in [0.1, 0.15) is 30.4 Å². The molecule has 0 aliphatic carbocycles. The van der Waals surface area contributed by atoms with Crippen molar-refractivity contribution < 1.29 is 4.79 Å². The molecule has 0 aromatic heterocycles. The molecule has 1 heterocycles. The van der Waals surface area contributed by atoms with Crippen LogP contribution in [0.5, 0.6) is 0 Å². The molecule has 98 valence electrons. The Labute approximate surface area is 109 Å². The van der Waals surface area contributed by atoms with Crippen molar-refractivity contribution in [3.63, 3.8) is 0 Å². The van der Waals surface area contributed by atoms with Gasteiger partial charge in [-0.15, -0.1) is 0 Å². The van der Waals surface area contributed by atoms with Crippen LogP contribution in [0.4, 0.5) is 5.69 Å². The Hall–Kier alpha value is -1.35. The second-order valence-corrected chi connectivity index (χ2v) is 5.19. The van der Waals surface area contributed by atoms with Crippen molar-refractivity contribution in [3.8, 4) is 0 Å². The average Bonchev–Trinajstić information content (AvgIpc) is 2.38. The first-order chi connectivity index (χ1) is 8.59. The SMILES string of the molecule is Cc1ccc(N(C)C(=O)C2CCCCN2)c(C)c1. The van der Waals surface area contributed by atoms with Crippen molar-refractivity contribution in [2.75, 3.05) is 18.5 Å². The number of benzene rings is 1. The molecule has 0 saturated carbocycles. The zero-order valence-electron chi connectivity index (χ0n) is 11.5. The monoisotopic (exact) mass is 246 g/mol. The highest BCUT2D eigenvalue weighted by molar-refractivity contribution is 5.97. The maximum atomic E-state index is 12.4. The molecule has 3 nitrogen and oxygen atoms in total. The van der Waals surface area contributed by atoms with Crippen LogP contribution in [0.3, 0.4) is 0 Å². The van der Waals surface area contributed by atoms with E-state index in [2.05, 4.69) is 31.3 Å². The molecule has 0 spiro atoms. The van der Waals surface area contributed by atoms with Gasteiger partial charge in [0.15, 0.2) is 0 Å². The van der Waals surface area contributed by atoms with E-state index in [1.54, 1.807) is 4.90 Å². The number of likely N-dealkylation sites (N-methyl/N-ethyl adjacent to an activating group) is 1. The van der Waals surface area contributed by atoms with Gasteiger partial charge in [0.25, 0.3) is 0 Å². The molecule has 0 bridgehead atoms. The zero-order chi connectivity index (χ0) is 13.1. The first-order valence-corrected chi connectivity index (χ1v) is 6.68. The molecule has 18 heavy (non-hydrogen) atoms. The number of hydrogen-bond donors (Lipinski definition) is 1. The summed E-state index contributed by atoms with van der Waals surface area (Å²) in [5.41, 5.74) is 3.40. The third-order valence-electron chi connectivity index (χ3n) is 3.65. The summed E-state index contributed by atoms with van der Waals surface area (Å²) in [7, 11) is 1.87. The van der Waals surface area contributed by atoms with Crippen LogP contribution >= 0.6 is 0 Å². The topological polar surface area (TPSA) is 32.3 Å². The van der Waals surface area contributed by atoms with Gasteiger partial charge in [-0.05, 0) is 44.9 Å². The molecule has 0 radical (unpaired) electrons. The van der Waals surface area contributed by atoms with Crippen LogP contribution in [0.25, 0.3) is 0 Å². The van der Waals surface area contributed by atoms with Crippen molar-refractivity contribution in [2.45, 2.75) is 39.2 Å². The summed E-state index contributed by atoms with van der Waals surface area (Å²) in [6.45, 7) is 5.08. The van der Waals surface area contributed by atoms with Crippen LogP contribution in [0.15, 0.2) is 18.2 Å². The second-order valence-electron chi connectivity index (χ2n) is 5.19. The Kier molecular flexibility index (Phi) is 4.02. The van der Waals surface area contributed by atoms with Gasteiger partial charge < -0.3 is 10.2 Å². The first kappa shape index (κ1) is 13.1. The van der Waals surface area contributed by atoms with E-state index in [0.717, 1.165) is 30.6 Å². The summed E-state index contributed by atoms with van der Waals surface area (Å²) in [5.74, 6) is 0.182. The summed E-state index contributed by atoms with van der Waals surface area (Å²) < 4.78 is 0. The molecule has 3 heteroatoms. The van der Waals surface area contributed by atoms with Crippen molar-refractivity contribution >= 4 is 11.6 Å². The van der Waals surface area contributed by atoms with Crippen LogP contribution in [-0.2, 0) is 4.79 Å². The lowest BCUT2D eigenvalue weighted by atomic mass is 10.0. The molecule has 1 atom stereocenters. The number of aryl methyl sites for hydroxylation is 2. The molecule has 1 N–H and O–H groups in total. The Balaban J connectivity index is 2.14. The lowest BCUT2D eigenvalue weighted by Gasteiger charge is -2.28. The number of carbonyl (C=O) groups is 1. The molecule has 1 amide bonds. The van der Waals surface area contributed by atoms with Crippen LogP contribution in [0, 0.1) is 13.8 Å². The fraction of sp³-hybridized carbons (Fsp3) is 0.533. The lowest BCUT2D eigenvalue weighted by molar-refractivity contribution is -0.120. The molecule has 1 unspecified atom stereocenters. The number of piperidine rings is 1. The van der Waals surface area contributed by atoms with Crippen molar-refractivity contribution in [1.82, 2.24) is 5.32 Å². The summed E-state index contributed by atoms with van der Waals surface area (Å²) in [5, 5.41) is 3.31. The van der Waals surface area contributed by atoms with E-state index in [-0.39, 0.29) is 11.9 Å². The summed E-state index contributed by atoms with van der Waals surface area (Å²) in [6, 6.07) is 6.20. The van der Waals surface area contributed by atoms with Crippen molar-refractivity contribution in [3.05, 3.63) is 29.3 Å². The number of nitrogens with one attached hydrogen (secondary N) is 1. The van der Waals surface area contributed by atoms with Crippen molar-refractivity contribution in [2.24, 2.45) is 0 Å². The van der Waals surface area contributed by atoms with E-state index in [4.69, 9.17) is 0 Å². The molecule has 2 rings (SSSR count). The quantitative estimate of drug-likeness (QED) is 0.869. The molecule has 1 aromatic rings. The molecule has 1 aliphatic rings. The van der Waals surface area contributed by atoms with Crippen LogP contribution < -0.4 is 10.2 Å². The zero-order valence-corrected chi connectivity index (χ0v) is 11.5. The number of anilines is 1. The predicted octanol–water partition coefficient (Wildman–Crippen LogP) is 2.41. The number of carbonyl (C=O) groups excluding carboxylic acids is 1.